The Morgan fingerprint density at radius 3 is 2.52 bits per heavy atom. The Kier molecular flexibility index (Phi) is 6.61. The number of nitrogens with one attached hydrogen (secondary N) is 1. The fourth-order valence-electron chi connectivity index (χ4n) is 2.88. The van der Waals surface area contributed by atoms with Crippen LogP contribution in [0.2, 0.25) is 5.15 Å². The molecular weight excluding hydrogens is 437 g/mol. The molecule has 1 aromatic carbocycles. The average Bonchev–Trinajstić information content (AvgIpc) is 2.66. The van der Waals surface area contributed by atoms with Crippen molar-refractivity contribution in [2.24, 2.45) is 0 Å². The number of rotatable bonds is 3. The fourth-order valence-corrected chi connectivity index (χ4v) is 3.06. The minimum absolute atomic E-state index is 0.0786. The predicted molar refractivity (Wildman–Crippen MR) is 108 cm³/mol. The van der Waals surface area contributed by atoms with E-state index in [0.717, 1.165) is 5.56 Å². The van der Waals surface area contributed by atoms with E-state index >= 15 is 0 Å². The summed E-state index contributed by atoms with van der Waals surface area (Å²) in [6.45, 7) is 6.54. The quantitative estimate of drug-likeness (QED) is 0.637. The van der Waals surface area contributed by atoms with Crippen LogP contribution in [-0.4, -0.2) is 46.3 Å². The molecule has 0 saturated carbocycles. The number of alkyl halides is 3. The minimum Gasteiger partial charge on any atom is -0.444 e. The number of hydrogen-bond donors (Lipinski definition) is 1. The highest BCUT2D eigenvalue weighted by Gasteiger charge is 2.35. The van der Waals surface area contributed by atoms with E-state index in [1.54, 1.807) is 49.9 Å². The van der Waals surface area contributed by atoms with E-state index in [1.165, 1.54) is 6.07 Å². The third-order valence-electron chi connectivity index (χ3n) is 4.22. The Labute approximate surface area is 182 Å². The van der Waals surface area contributed by atoms with Gasteiger partial charge in [-0.1, -0.05) is 23.7 Å². The van der Waals surface area contributed by atoms with E-state index in [0.29, 0.717) is 25.4 Å². The van der Waals surface area contributed by atoms with Crippen LogP contribution in [0.5, 0.6) is 0 Å². The lowest BCUT2D eigenvalue weighted by atomic mass is 10.1. The van der Waals surface area contributed by atoms with Crippen molar-refractivity contribution < 1.29 is 27.4 Å². The third kappa shape index (κ3) is 6.44. The lowest BCUT2D eigenvalue weighted by molar-refractivity contribution is -0.144. The van der Waals surface area contributed by atoms with Gasteiger partial charge in [-0.3, -0.25) is 0 Å². The van der Waals surface area contributed by atoms with E-state index in [-0.39, 0.29) is 17.1 Å². The van der Waals surface area contributed by atoms with Gasteiger partial charge >= 0.3 is 12.3 Å². The first kappa shape index (κ1) is 23.1. The number of morpholine rings is 1. The van der Waals surface area contributed by atoms with Crippen LogP contribution in [0.25, 0.3) is 0 Å². The molecule has 1 atom stereocenters. The van der Waals surface area contributed by atoms with Gasteiger partial charge in [-0.2, -0.15) is 13.2 Å². The molecule has 1 N–H and O–H groups in total. The van der Waals surface area contributed by atoms with Crippen LogP contribution in [0.1, 0.15) is 38.3 Å². The zero-order chi connectivity index (χ0) is 22.8. The number of amides is 1. The van der Waals surface area contributed by atoms with Gasteiger partial charge in [0.05, 0.1) is 13.2 Å². The Hall–Kier alpha value is -2.59. The Morgan fingerprint density at radius 2 is 1.90 bits per heavy atom. The van der Waals surface area contributed by atoms with Crippen LogP contribution >= 0.6 is 11.6 Å². The zero-order valence-corrected chi connectivity index (χ0v) is 17.9. The van der Waals surface area contributed by atoms with Crippen LogP contribution in [0.3, 0.4) is 0 Å². The van der Waals surface area contributed by atoms with E-state index < -0.39 is 23.7 Å². The molecule has 1 saturated heterocycles. The number of anilines is 2. The predicted octanol–water partition coefficient (Wildman–Crippen LogP) is 5.20. The Bertz CT molecular complexity index is 933. The second kappa shape index (κ2) is 8.88. The van der Waals surface area contributed by atoms with E-state index in [9.17, 15) is 18.0 Å². The maximum atomic E-state index is 12.9. The maximum absolute atomic E-state index is 12.9. The summed E-state index contributed by atoms with van der Waals surface area (Å²) in [4.78, 5) is 20.6. The molecule has 168 valence electrons. The van der Waals surface area contributed by atoms with Crippen molar-refractivity contribution in [3.8, 4) is 0 Å². The molecule has 1 amide bonds. The van der Waals surface area contributed by atoms with Gasteiger partial charge in [0, 0.05) is 18.3 Å². The van der Waals surface area contributed by atoms with Crippen LogP contribution < -0.4 is 5.32 Å². The number of nitrogens with zero attached hydrogens (tertiary/aromatic N) is 3. The molecule has 31 heavy (non-hydrogen) atoms. The number of aromatic nitrogens is 2. The molecule has 1 aliphatic rings. The molecule has 0 aliphatic carbocycles. The van der Waals surface area contributed by atoms with Gasteiger partial charge in [0.15, 0.2) is 0 Å². The largest absolute Gasteiger partial charge is 0.451 e. The first-order valence-corrected chi connectivity index (χ1v) is 9.87. The summed E-state index contributed by atoms with van der Waals surface area (Å²) in [6.07, 6.45) is -5.45. The second-order valence-electron chi connectivity index (χ2n) is 7.93. The molecule has 1 aliphatic heterocycles. The van der Waals surface area contributed by atoms with Gasteiger partial charge in [-0.05, 0) is 38.5 Å². The van der Waals surface area contributed by atoms with Gasteiger partial charge in [-0.25, -0.2) is 14.8 Å². The van der Waals surface area contributed by atoms with Gasteiger partial charge in [0.25, 0.3) is 0 Å². The number of carbonyl (C=O) groups is 1. The Morgan fingerprint density at radius 1 is 1.23 bits per heavy atom. The van der Waals surface area contributed by atoms with Crippen molar-refractivity contribution in [2.45, 2.75) is 38.7 Å². The summed E-state index contributed by atoms with van der Waals surface area (Å²) in [6, 6.07) is 8.08. The molecule has 2 heterocycles. The van der Waals surface area contributed by atoms with Crippen LogP contribution in [0, 0.1) is 0 Å². The first-order valence-electron chi connectivity index (χ1n) is 9.49. The molecule has 1 fully saturated rings. The van der Waals surface area contributed by atoms with Gasteiger partial charge in [0.1, 0.15) is 22.7 Å². The molecule has 11 heteroatoms. The highest BCUT2D eigenvalue weighted by molar-refractivity contribution is 6.29. The molecule has 0 bridgehead atoms. The van der Waals surface area contributed by atoms with Crippen LogP contribution in [0.15, 0.2) is 30.3 Å². The van der Waals surface area contributed by atoms with Crippen molar-refractivity contribution in [3.05, 3.63) is 46.9 Å². The van der Waals surface area contributed by atoms with E-state index in [2.05, 4.69) is 15.3 Å². The summed E-state index contributed by atoms with van der Waals surface area (Å²) in [7, 11) is 0. The molecule has 2 aromatic rings. The number of hydrogen-bond acceptors (Lipinski definition) is 6. The molecule has 0 radical (unpaired) electrons. The average molecular weight is 459 g/mol. The number of carbonyl (C=O) groups excluding carboxylic acids is 1. The van der Waals surface area contributed by atoms with Crippen molar-refractivity contribution >= 4 is 29.2 Å². The maximum Gasteiger partial charge on any atom is 0.451 e. The minimum atomic E-state index is -4.70. The number of ether oxygens (including phenoxy) is 2. The number of halogens is 4. The number of benzene rings is 1. The van der Waals surface area contributed by atoms with Crippen molar-refractivity contribution in [2.75, 3.05) is 25.0 Å². The molecule has 1 unspecified atom stereocenters. The van der Waals surface area contributed by atoms with Crippen LogP contribution in [0.4, 0.5) is 29.5 Å². The van der Waals surface area contributed by atoms with E-state index in [1.807, 2.05) is 0 Å². The summed E-state index contributed by atoms with van der Waals surface area (Å²) in [5.74, 6) is -1.40. The van der Waals surface area contributed by atoms with Gasteiger partial charge < -0.3 is 19.7 Å². The zero-order valence-electron chi connectivity index (χ0n) is 17.2. The fraction of sp³-hybridized carbons (Fsp3) is 0.450. The van der Waals surface area contributed by atoms with Crippen LogP contribution in [-0.2, 0) is 15.7 Å². The topological polar surface area (TPSA) is 76.6 Å². The monoisotopic (exact) mass is 458 g/mol. The molecule has 1 aromatic heterocycles. The summed E-state index contributed by atoms with van der Waals surface area (Å²) in [5.41, 5.74) is 0.732. The normalized spacial score (nSPS) is 17.4. The second-order valence-corrected chi connectivity index (χ2v) is 8.32. The lowest BCUT2D eigenvalue weighted by Gasteiger charge is -2.34. The van der Waals surface area contributed by atoms with E-state index in [4.69, 9.17) is 21.1 Å². The standard InChI is InChI=1S/C20H22ClF3N4O3/c1-19(2,3)31-18(29)28-8-9-30-14(11-28)12-4-6-13(7-5-12)25-16-10-15(21)26-17(27-16)20(22,23)24/h4-7,10,14H,8-9,11H2,1-3H3,(H,25,26,27). The SMILES string of the molecule is CC(C)(C)OC(=O)N1CCOC(c2ccc(Nc3cc(Cl)nc(C(F)(F)F)n3)cc2)C1. The van der Waals surface area contributed by atoms with Crippen molar-refractivity contribution in [1.29, 1.82) is 0 Å². The molecule has 7 nitrogen and oxygen atoms in total. The third-order valence-corrected chi connectivity index (χ3v) is 4.42. The van der Waals surface area contributed by atoms with Crippen molar-refractivity contribution in [3.63, 3.8) is 0 Å². The van der Waals surface area contributed by atoms with Crippen molar-refractivity contribution in [1.82, 2.24) is 14.9 Å². The summed E-state index contributed by atoms with van der Waals surface area (Å²) in [5, 5.41) is 2.46. The smallest absolute Gasteiger partial charge is 0.444 e. The highest BCUT2D eigenvalue weighted by atomic mass is 35.5. The molecule has 0 spiro atoms. The summed E-state index contributed by atoms with van der Waals surface area (Å²) >= 11 is 5.68. The lowest BCUT2D eigenvalue weighted by Crippen LogP contribution is -2.44. The van der Waals surface area contributed by atoms with Gasteiger partial charge in [-0.15, -0.1) is 0 Å². The Balaban J connectivity index is 1.68. The molecule has 3 rings (SSSR count). The van der Waals surface area contributed by atoms with Gasteiger partial charge in [0.2, 0.25) is 5.82 Å². The molecular formula is C20H22ClF3N4O3. The summed E-state index contributed by atoms with van der Waals surface area (Å²) < 4.78 is 49.8. The highest BCUT2D eigenvalue weighted by Crippen LogP contribution is 2.30. The first-order chi connectivity index (χ1) is 14.4.